The molecule has 2 rings (SSSR count). The highest BCUT2D eigenvalue weighted by atomic mass is 79.9. The number of ether oxygens (including phenoxy) is 1. The predicted molar refractivity (Wildman–Crippen MR) is 72.6 cm³/mol. The maximum absolute atomic E-state index is 13.2. The third-order valence-corrected chi connectivity index (χ3v) is 4.61. The zero-order valence-corrected chi connectivity index (χ0v) is 13.0. The summed E-state index contributed by atoms with van der Waals surface area (Å²) in [5.74, 6) is -0.775. The van der Waals surface area contributed by atoms with Gasteiger partial charge in [0.2, 0.25) is 0 Å². The van der Waals surface area contributed by atoms with Crippen molar-refractivity contribution in [1.29, 1.82) is 0 Å². The zero-order chi connectivity index (χ0) is 15.6. The molecule has 1 aliphatic rings. The van der Waals surface area contributed by atoms with Crippen LogP contribution < -0.4 is 4.74 Å². The van der Waals surface area contributed by atoms with Crippen molar-refractivity contribution in [1.82, 2.24) is 9.88 Å². The zero-order valence-electron chi connectivity index (χ0n) is 10.6. The molecule has 10 heteroatoms. The Morgan fingerprint density at radius 2 is 2.14 bits per heavy atom. The van der Waals surface area contributed by atoms with Gasteiger partial charge in [-0.3, -0.25) is 0 Å². The molecule has 0 spiro atoms. The lowest BCUT2D eigenvalue weighted by Gasteiger charge is -2.35. The van der Waals surface area contributed by atoms with Crippen molar-refractivity contribution in [2.75, 3.05) is 13.1 Å². The largest absolute Gasteiger partial charge is 0.465 e. The normalized spacial score (nSPS) is 18.6. The van der Waals surface area contributed by atoms with Crippen molar-refractivity contribution in [3.8, 4) is 5.19 Å². The number of carboxylic acid groups (broad SMARTS) is 1. The first-order valence-corrected chi connectivity index (χ1v) is 7.71. The molecular weight excluding hydrogens is 377 g/mol. The first kappa shape index (κ1) is 16.3. The van der Waals surface area contributed by atoms with Crippen LogP contribution in [0.15, 0.2) is 9.98 Å². The van der Waals surface area contributed by atoms with E-state index < -0.39 is 24.3 Å². The molecular formula is C11H12BrF3N2O3S. The van der Waals surface area contributed by atoms with Gasteiger partial charge in [-0.1, -0.05) is 11.3 Å². The van der Waals surface area contributed by atoms with Gasteiger partial charge in [0.05, 0.1) is 9.98 Å². The van der Waals surface area contributed by atoms with Crippen LogP contribution in [0.5, 0.6) is 5.19 Å². The van der Waals surface area contributed by atoms with E-state index in [2.05, 4.69) is 20.9 Å². The Morgan fingerprint density at radius 1 is 1.52 bits per heavy atom. The van der Waals surface area contributed by atoms with Crippen molar-refractivity contribution >= 4 is 33.4 Å². The molecule has 0 bridgehead atoms. The molecule has 1 amide bonds. The number of hydrogen-bond donors (Lipinski definition) is 1. The first-order chi connectivity index (χ1) is 9.77. The highest BCUT2D eigenvalue weighted by Crippen LogP contribution is 2.36. The minimum absolute atomic E-state index is 0.0511. The molecule has 1 unspecified atom stereocenters. The Kier molecular flexibility index (Phi) is 4.97. The van der Waals surface area contributed by atoms with Crippen LogP contribution in [0.25, 0.3) is 0 Å². The second-order valence-electron chi connectivity index (χ2n) is 4.62. The van der Waals surface area contributed by atoms with E-state index >= 15 is 0 Å². The number of aromatic nitrogens is 1. The Labute approximate surface area is 130 Å². The molecule has 1 fully saturated rings. The van der Waals surface area contributed by atoms with Crippen molar-refractivity contribution in [2.24, 2.45) is 5.92 Å². The summed E-state index contributed by atoms with van der Waals surface area (Å²) in [6.45, 7) is 0.162. The number of piperidine rings is 1. The number of alkyl halides is 3. The molecule has 21 heavy (non-hydrogen) atoms. The molecule has 1 N–H and O–H groups in total. The summed E-state index contributed by atoms with van der Waals surface area (Å²) in [5.41, 5.74) is 0. The van der Waals surface area contributed by atoms with Crippen molar-refractivity contribution in [3.05, 3.63) is 9.98 Å². The van der Waals surface area contributed by atoms with Crippen molar-refractivity contribution in [2.45, 2.75) is 25.1 Å². The quantitative estimate of drug-likeness (QED) is 0.858. The summed E-state index contributed by atoms with van der Waals surface area (Å²) in [7, 11) is 0. The lowest BCUT2D eigenvalue weighted by atomic mass is 9.91. The number of rotatable bonds is 3. The highest BCUT2D eigenvalue weighted by molar-refractivity contribution is 9.11. The molecule has 1 atom stereocenters. The van der Waals surface area contributed by atoms with Gasteiger partial charge in [0.15, 0.2) is 6.10 Å². The smallest absolute Gasteiger partial charge is 0.425 e. The third kappa shape index (κ3) is 4.22. The van der Waals surface area contributed by atoms with Crippen LogP contribution in [0.2, 0.25) is 0 Å². The Morgan fingerprint density at radius 3 is 2.57 bits per heavy atom. The van der Waals surface area contributed by atoms with E-state index in [4.69, 9.17) is 9.84 Å². The molecule has 0 aliphatic carbocycles. The average Bonchev–Trinajstić information content (AvgIpc) is 2.80. The molecule has 0 saturated carbocycles. The van der Waals surface area contributed by atoms with Gasteiger partial charge in [0.25, 0.3) is 5.19 Å². The molecule has 0 aromatic carbocycles. The lowest BCUT2D eigenvalue weighted by Crippen LogP contribution is -2.47. The van der Waals surface area contributed by atoms with Gasteiger partial charge in [-0.05, 0) is 28.8 Å². The van der Waals surface area contributed by atoms with E-state index in [-0.39, 0.29) is 31.1 Å². The fourth-order valence-electron chi connectivity index (χ4n) is 2.23. The minimum Gasteiger partial charge on any atom is -0.465 e. The molecule has 2 heterocycles. The molecule has 1 aromatic heterocycles. The number of hydrogen-bond acceptors (Lipinski definition) is 4. The van der Waals surface area contributed by atoms with E-state index in [1.54, 1.807) is 0 Å². The SMILES string of the molecule is O=C(O)N1CCC(C(Oc2ncc(Br)s2)C(F)(F)F)CC1. The summed E-state index contributed by atoms with van der Waals surface area (Å²) in [4.78, 5) is 15.6. The Hall–Kier alpha value is -1.03. The Balaban J connectivity index is 2.05. The van der Waals surface area contributed by atoms with E-state index in [0.717, 1.165) is 16.2 Å². The average molecular weight is 389 g/mol. The summed E-state index contributed by atoms with van der Waals surface area (Å²) in [5, 5.41) is 8.77. The van der Waals surface area contributed by atoms with Crippen LogP contribution in [0, 0.1) is 5.92 Å². The van der Waals surface area contributed by atoms with E-state index in [1.807, 2.05) is 0 Å². The molecule has 5 nitrogen and oxygen atoms in total. The number of nitrogens with zero attached hydrogens (tertiary/aromatic N) is 2. The van der Waals surface area contributed by atoms with E-state index in [0.29, 0.717) is 3.79 Å². The second kappa shape index (κ2) is 6.39. The molecule has 1 aromatic rings. The second-order valence-corrected chi connectivity index (χ2v) is 6.99. The fourth-order valence-corrected chi connectivity index (χ4v) is 3.27. The number of likely N-dealkylation sites (tertiary alicyclic amines) is 1. The van der Waals surface area contributed by atoms with Crippen LogP contribution in [-0.2, 0) is 0 Å². The van der Waals surface area contributed by atoms with Crippen LogP contribution >= 0.6 is 27.3 Å². The van der Waals surface area contributed by atoms with E-state index in [9.17, 15) is 18.0 Å². The standard InChI is InChI=1S/C11H12BrF3N2O3S/c12-7-5-16-9(21-7)20-8(11(13,14)15)6-1-3-17(4-2-6)10(18)19/h5-6,8H,1-4H2,(H,18,19). The van der Waals surface area contributed by atoms with E-state index in [1.165, 1.54) is 6.20 Å². The molecule has 1 saturated heterocycles. The Bertz CT molecular complexity index is 503. The van der Waals surface area contributed by atoms with Gasteiger partial charge in [0.1, 0.15) is 0 Å². The minimum atomic E-state index is -4.52. The van der Waals surface area contributed by atoms with Crippen LogP contribution in [0.3, 0.4) is 0 Å². The summed E-state index contributed by atoms with van der Waals surface area (Å²) < 4.78 is 45.1. The first-order valence-electron chi connectivity index (χ1n) is 6.10. The monoisotopic (exact) mass is 388 g/mol. The van der Waals surface area contributed by atoms with Gasteiger partial charge in [-0.2, -0.15) is 13.2 Å². The van der Waals surface area contributed by atoms with Gasteiger partial charge in [0, 0.05) is 19.0 Å². The summed E-state index contributed by atoms with van der Waals surface area (Å²) in [6, 6.07) is 0. The lowest BCUT2D eigenvalue weighted by molar-refractivity contribution is -0.213. The van der Waals surface area contributed by atoms with Gasteiger partial charge < -0.3 is 14.7 Å². The molecule has 1 aliphatic heterocycles. The summed E-state index contributed by atoms with van der Waals surface area (Å²) in [6.07, 6.45) is -5.99. The topological polar surface area (TPSA) is 62.7 Å². The van der Waals surface area contributed by atoms with Crippen molar-refractivity contribution < 1.29 is 27.8 Å². The summed E-state index contributed by atoms with van der Waals surface area (Å²) >= 11 is 4.10. The highest BCUT2D eigenvalue weighted by Gasteiger charge is 2.48. The number of thiazole rings is 1. The number of carbonyl (C=O) groups is 1. The third-order valence-electron chi connectivity index (χ3n) is 3.24. The number of halogens is 4. The maximum Gasteiger partial charge on any atom is 0.425 e. The van der Waals surface area contributed by atoms with Crippen LogP contribution in [0.4, 0.5) is 18.0 Å². The maximum atomic E-state index is 13.2. The van der Waals surface area contributed by atoms with Gasteiger partial charge in [-0.25, -0.2) is 9.78 Å². The number of amides is 1. The predicted octanol–water partition coefficient (Wildman–Crippen LogP) is 3.61. The van der Waals surface area contributed by atoms with Gasteiger partial charge >= 0.3 is 12.3 Å². The van der Waals surface area contributed by atoms with Crippen LogP contribution in [0.1, 0.15) is 12.8 Å². The van der Waals surface area contributed by atoms with Crippen LogP contribution in [-0.4, -0.2) is 46.5 Å². The fraction of sp³-hybridized carbons (Fsp3) is 0.636. The molecule has 0 radical (unpaired) electrons. The van der Waals surface area contributed by atoms with Gasteiger partial charge in [-0.15, -0.1) is 0 Å². The molecule has 118 valence electrons. The van der Waals surface area contributed by atoms with Crippen molar-refractivity contribution in [3.63, 3.8) is 0 Å².